The van der Waals surface area contributed by atoms with Crippen LogP contribution in [0.5, 0.6) is 5.75 Å². The van der Waals surface area contributed by atoms with Crippen molar-refractivity contribution in [3.05, 3.63) is 88.9 Å². The van der Waals surface area contributed by atoms with E-state index >= 15 is 0 Å². The lowest BCUT2D eigenvalue weighted by Crippen LogP contribution is -2.41. The predicted molar refractivity (Wildman–Crippen MR) is 127 cm³/mol. The second-order valence-corrected chi connectivity index (χ2v) is 9.79. The Labute approximate surface area is 206 Å². The maximum atomic E-state index is 13.4. The third-order valence-electron chi connectivity index (χ3n) is 5.14. The van der Waals surface area contributed by atoms with Crippen molar-refractivity contribution in [1.82, 2.24) is 5.32 Å². The van der Waals surface area contributed by atoms with E-state index in [0.717, 1.165) is 12.1 Å². The molecule has 6 nitrogen and oxygen atoms in total. The van der Waals surface area contributed by atoms with Gasteiger partial charge >= 0.3 is 6.18 Å². The number of halogens is 4. The summed E-state index contributed by atoms with van der Waals surface area (Å²) in [6, 6.07) is 15.7. The zero-order valence-electron chi connectivity index (χ0n) is 18.7. The van der Waals surface area contributed by atoms with E-state index in [9.17, 15) is 26.4 Å². The number of amides is 1. The van der Waals surface area contributed by atoms with Gasteiger partial charge in [0.1, 0.15) is 12.3 Å². The van der Waals surface area contributed by atoms with Gasteiger partial charge < -0.3 is 10.1 Å². The number of ether oxygens (including phenoxy) is 1. The third kappa shape index (κ3) is 6.07. The van der Waals surface area contributed by atoms with Crippen molar-refractivity contribution in [3.63, 3.8) is 0 Å². The first-order valence-electron chi connectivity index (χ1n) is 10.3. The molecule has 0 aliphatic rings. The molecule has 0 heterocycles. The van der Waals surface area contributed by atoms with Crippen LogP contribution in [-0.4, -0.2) is 28.0 Å². The minimum absolute atomic E-state index is 0.209. The van der Waals surface area contributed by atoms with Crippen LogP contribution >= 0.6 is 11.6 Å². The summed E-state index contributed by atoms with van der Waals surface area (Å²) < 4.78 is 72.8. The predicted octanol–water partition coefficient (Wildman–Crippen LogP) is 5.44. The minimum Gasteiger partial charge on any atom is -0.496 e. The molecular formula is C24H22ClF3N2O4S. The van der Waals surface area contributed by atoms with Crippen LogP contribution in [0.25, 0.3) is 0 Å². The molecule has 0 radical (unpaired) electrons. The fourth-order valence-corrected chi connectivity index (χ4v) is 5.14. The van der Waals surface area contributed by atoms with Gasteiger partial charge in [-0.25, -0.2) is 8.42 Å². The molecule has 186 valence electrons. The normalized spacial score (nSPS) is 12.6. The van der Waals surface area contributed by atoms with Crippen LogP contribution < -0.4 is 14.4 Å². The lowest BCUT2D eigenvalue weighted by atomic mass is 10.1. The molecule has 1 atom stereocenters. The topological polar surface area (TPSA) is 75.7 Å². The van der Waals surface area contributed by atoms with Gasteiger partial charge in [-0.15, -0.1) is 0 Å². The summed E-state index contributed by atoms with van der Waals surface area (Å²) in [5.74, 6) is -0.244. The van der Waals surface area contributed by atoms with E-state index in [1.807, 2.05) is 0 Å². The Morgan fingerprint density at radius 3 is 2.31 bits per heavy atom. The SMILES string of the molecule is COc1ccccc1C(C)NC(=O)CN(c1cc(C(F)(F)F)ccc1Cl)S(=O)(=O)c1ccccc1. The molecule has 1 N–H and O–H groups in total. The number of hydrogen-bond donors (Lipinski definition) is 1. The Morgan fingerprint density at radius 2 is 1.69 bits per heavy atom. The van der Waals surface area contributed by atoms with Crippen molar-refractivity contribution in [1.29, 1.82) is 0 Å². The summed E-state index contributed by atoms with van der Waals surface area (Å²) in [6.45, 7) is 0.862. The molecule has 0 aromatic heterocycles. The van der Waals surface area contributed by atoms with E-state index in [-0.39, 0.29) is 9.92 Å². The van der Waals surface area contributed by atoms with Crippen LogP contribution in [0.1, 0.15) is 24.1 Å². The van der Waals surface area contributed by atoms with Crippen LogP contribution in [0, 0.1) is 0 Å². The Balaban J connectivity index is 2.01. The molecule has 35 heavy (non-hydrogen) atoms. The molecule has 3 aromatic carbocycles. The first-order valence-corrected chi connectivity index (χ1v) is 12.1. The monoisotopic (exact) mass is 526 g/mol. The molecule has 3 rings (SSSR count). The lowest BCUT2D eigenvalue weighted by molar-refractivity contribution is -0.137. The molecule has 0 spiro atoms. The fraction of sp³-hybridized carbons (Fsp3) is 0.208. The average molecular weight is 527 g/mol. The van der Waals surface area contributed by atoms with E-state index in [0.29, 0.717) is 21.7 Å². The Bertz CT molecular complexity index is 1300. The van der Waals surface area contributed by atoms with Gasteiger partial charge in [0.2, 0.25) is 5.91 Å². The van der Waals surface area contributed by atoms with E-state index in [1.165, 1.54) is 31.4 Å². The molecule has 0 saturated heterocycles. The van der Waals surface area contributed by atoms with E-state index in [1.54, 1.807) is 37.3 Å². The number of methoxy groups -OCH3 is 1. The molecule has 0 bridgehead atoms. The number of hydrogen-bond acceptors (Lipinski definition) is 4. The maximum Gasteiger partial charge on any atom is 0.416 e. The van der Waals surface area contributed by atoms with Crippen LogP contribution in [0.2, 0.25) is 5.02 Å². The smallest absolute Gasteiger partial charge is 0.416 e. The zero-order valence-corrected chi connectivity index (χ0v) is 20.3. The summed E-state index contributed by atoms with van der Waals surface area (Å²) in [7, 11) is -2.98. The Morgan fingerprint density at radius 1 is 1.06 bits per heavy atom. The van der Waals surface area contributed by atoms with Crippen molar-refractivity contribution in [3.8, 4) is 5.75 Å². The second-order valence-electron chi connectivity index (χ2n) is 7.52. The highest BCUT2D eigenvalue weighted by Crippen LogP contribution is 2.37. The number of carbonyl (C=O) groups excluding carboxylic acids is 1. The summed E-state index contributed by atoms with van der Waals surface area (Å²) in [4.78, 5) is 12.7. The standard InChI is InChI=1S/C24H22ClF3N2O4S/c1-16(19-10-6-7-11-22(19)34-2)29-23(31)15-30(35(32,33)18-8-4-3-5-9-18)21-14-17(24(26,27)28)12-13-20(21)25/h3-14,16H,15H2,1-2H3,(H,29,31). The number of alkyl halides is 3. The third-order valence-corrected chi connectivity index (χ3v) is 7.24. The molecule has 0 fully saturated rings. The van der Waals surface area contributed by atoms with Crippen LogP contribution in [0.3, 0.4) is 0 Å². The number of nitrogens with one attached hydrogen (secondary N) is 1. The highest BCUT2D eigenvalue weighted by Gasteiger charge is 2.34. The highest BCUT2D eigenvalue weighted by molar-refractivity contribution is 7.92. The summed E-state index contributed by atoms with van der Waals surface area (Å²) in [6.07, 6.45) is -4.75. The second kappa shape index (κ2) is 10.6. The largest absolute Gasteiger partial charge is 0.496 e. The molecule has 1 unspecified atom stereocenters. The van der Waals surface area contributed by atoms with E-state index < -0.39 is 45.9 Å². The molecule has 1 amide bonds. The van der Waals surface area contributed by atoms with Gasteiger partial charge in [0.25, 0.3) is 10.0 Å². The lowest BCUT2D eigenvalue weighted by Gasteiger charge is -2.26. The van der Waals surface area contributed by atoms with Gasteiger partial charge in [0.15, 0.2) is 0 Å². The van der Waals surface area contributed by atoms with Gasteiger partial charge in [-0.2, -0.15) is 13.2 Å². The molecule has 3 aromatic rings. The number of para-hydroxylation sites is 1. The number of carbonyl (C=O) groups is 1. The number of nitrogens with zero attached hydrogens (tertiary/aromatic N) is 1. The van der Waals surface area contributed by atoms with Crippen molar-refractivity contribution in [2.45, 2.75) is 24.0 Å². The Hall–Kier alpha value is -3.24. The molecule has 0 saturated carbocycles. The van der Waals surface area contributed by atoms with Gasteiger partial charge in [-0.3, -0.25) is 9.10 Å². The zero-order chi connectivity index (χ0) is 25.8. The van der Waals surface area contributed by atoms with Crippen LogP contribution in [0.15, 0.2) is 77.7 Å². The van der Waals surface area contributed by atoms with Crippen molar-refractivity contribution >= 4 is 33.2 Å². The van der Waals surface area contributed by atoms with Crippen molar-refractivity contribution in [2.75, 3.05) is 18.0 Å². The van der Waals surface area contributed by atoms with Crippen LogP contribution in [-0.2, 0) is 21.0 Å². The van der Waals surface area contributed by atoms with Gasteiger partial charge in [0, 0.05) is 5.56 Å². The van der Waals surface area contributed by atoms with E-state index in [4.69, 9.17) is 16.3 Å². The van der Waals surface area contributed by atoms with Gasteiger partial charge in [0.05, 0.1) is 34.3 Å². The number of benzene rings is 3. The molecule has 11 heteroatoms. The van der Waals surface area contributed by atoms with Gasteiger partial charge in [-0.1, -0.05) is 48.0 Å². The first kappa shape index (κ1) is 26.4. The summed E-state index contributed by atoms with van der Waals surface area (Å²) in [5.41, 5.74) is -0.934. The van der Waals surface area contributed by atoms with Crippen LogP contribution in [0.4, 0.5) is 18.9 Å². The molecular weight excluding hydrogens is 505 g/mol. The summed E-state index contributed by atoms with van der Waals surface area (Å²) >= 11 is 6.14. The maximum absolute atomic E-state index is 13.4. The van der Waals surface area contributed by atoms with Crippen molar-refractivity contribution < 1.29 is 31.1 Å². The fourth-order valence-electron chi connectivity index (χ4n) is 3.42. The quantitative estimate of drug-likeness (QED) is 0.424. The van der Waals surface area contributed by atoms with Gasteiger partial charge in [-0.05, 0) is 43.3 Å². The average Bonchev–Trinajstić information content (AvgIpc) is 2.82. The molecule has 0 aliphatic carbocycles. The van der Waals surface area contributed by atoms with Crippen molar-refractivity contribution in [2.24, 2.45) is 0 Å². The number of sulfonamides is 1. The summed E-state index contributed by atoms with van der Waals surface area (Å²) in [5, 5.41) is 2.41. The minimum atomic E-state index is -4.75. The number of anilines is 1. The highest BCUT2D eigenvalue weighted by atomic mass is 35.5. The molecule has 0 aliphatic heterocycles. The Kier molecular flexibility index (Phi) is 7.97. The number of rotatable bonds is 8. The first-order chi connectivity index (χ1) is 16.4. The van der Waals surface area contributed by atoms with E-state index in [2.05, 4.69) is 5.32 Å².